The molecule has 0 amide bonds. The van der Waals surface area contributed by atoms with Gasteiger partial charge in [0.1, 0.15) is 0 Å². The summed E-state index contributed by atoms with van der Waals surface area (Å²) >= 11 is 8.26. The number of hydrogen-bond acceptors (Lipinski definition) is 3. The minimum absolute atomic E-state index is 0.294. The first-order valence-corrected chi connectivity index (χ1v) is 5.81. The van der Waals surface area contributed by atoms with E-state index >= 15 is 0 Å². The molecule has 0 saturated carbocycles. The number of hydrogen-bond donors (Lipinski definition) is 2. The van der Waals surface area contributed by atoms with Crippen LogP contribution in [0, 0.1) is 0 Å². The molecule has 1 unspecified atom stereocenters. The molecule has 0 aliphatic rings. The highest BCUT2D eigenvalue weighted by Gasteiger charge is 2.15. The molecule has 0 aromatic carbocycles. The summed E-state index contributed by atoms with van der Waals surface area (Å²) in [5.74, 6) is 0. The van der Waals surface area contributed by atoms with Crippen molar-refractivity contribution in [2.75, 3.05) is 0 Å². The van der Waals surface area contributed by atoms with Crippen molar-refractivity contribution < 1.29 is 5.11 Å². The third-order valence-corrected chi connectivity index (χ3v) is 4.87. The molecule has 0 spiro atoms. The van der Waals surface area contributed by atoms with E-state index in [1.54, 1.807) is 6.92 Å². The second kappa shape index (κ2) is 4.19. The Morgan fingerprint density at radius 1 is 1.58 bits per heavy atom. The van der Waals surface area contributed by atoms with Crippen LogP contribution in [-0.4, -0.2) is 11.2 Å². The van der Waals surface area contributed by atoms with E-state index in [0.717, 1.165) is 13.1 Å². The molecule has 0 saturated heterocycles. The molecule has 0 aliphatic carbocycles. The second-order valence-electron chi connectivity index (χ2n) is 2.54. The number of rotatable bonds is 2. The lowest BCUT2D eigenvalue weighted by molar-refractivity contribution is 0.165. The predicted molar refractivity (Wildman–Crippen MR) is 58.3 cm³/mol. The molecular weight excluding hydrogens is 306 g/mol. The molecule has 2 atom stereocenters. The highest BCUT2D eigenvalue weighted by molar-refractivity contribution is 9.13. The van der Waals surface area contributed by atoms with Gasteiger partial charge in [-0.15, -0.1) is 11.3 Å². The average molecular weight is 315 g/mol. The van der Waals surface area contributed by atoms with Gasteiger partial charge in [0.15, 0.2) is 0 Å². The Hall–Kier alpha value is 0.580. The monoisotopic (exact) mass is 313 g/mol. The summed E-state index contributed by atoms with van der Waals surface area (Å²) < 4.78 is 1.99. The Bertz CT molecular complexity index is 255. The molecule has 12 heavy (non-hydrogen) atoms. The zero-order chi connectivity index (χ0) is 9.30. The van der Waals surface area contributed by atoms with E-state index in [2.05, 4.69) is 31.9 Å². The zero-order valence-corrected chi connectivity index (χ0v) is 10.4. The molecule has 1 rings (SSSR count). The average Bonchev–Trinajstić information content (AvgIpc) is 2.30. The summed E-state index contributed by atoms with van der Waals surface area (Å²) in [4.78, 5) is 0.976. The molecule has 0 radical (unpaired) electrons. The van der Waals surface area contributed by atoms with Crippen LogP contribution in [-0.2, 0) is 0 Å². The standard InChI is InChI=1S/C7H9Br2NOS/c1-3(11)6(10)5-2-4(8)7(9)12-5/h2-3,6,11H,10H2,1H3/t3?,6-/m0/s1. The Morgan fingerprint density at radius 2 is 2.17 bits per heavy atom. The Kier molecular flexibility index (Phi) is 3.73. The minimum Gasteiger partial charge on any atom is -0.391 e. The Balaban J connectivity index is 2.89. The van der Waals surface area contributed by atoms with Crippen LogP contribution in [0.15, 0.2) is 14.3 Å². The number of aliphatic hydroxyl groups is 1. The largest absolute Gasteiger partial charge is 0.391 e. The van der Waals surface area contributed by atoms with Gasteiger partial charge in [-0.05, 0) is 44.8 Å². The number of nitrogens with two attached hydrogens (primary N) is 1. The third kappa shape index (κ3) is 2.29. The third-order valence-electron chi connectivity index (χ3n) is 1.51. The Morgan fingerprint density at radius 3 is 2.50 bits per heavy atom. The maximum atomic E-state index is 9.23. The first kappa shape index (κ1) is 10.7. The fourth-order valence-electron chi connectivity index (χ4n) is 0.765. The zero-order valence-electron chi connectivity index (χ0n) is 6.42. The molecule has 0 aliphatic heterocycles. The van der Waals surface area contributed by atoms with Gasteiger partial charge >= 0.3 is 0 Å². The molecule has 1 heterocycles. The summed E-state index contributed by atoms with van der Waals surface area (Å²) in [6.45, 7) is 1.69. The lowest BCUT2D eigenvalue weighted by Gasteiger charge is -2.11. The van der Waals surface area contributed by atoms with E-state index in [1.165, 1.54) is 11.3 Å². The predicted octanol–water partition coefficient (Wildman–Crippen LogP) is 2.65. The fourth-order valence-corrected chi connectivity index (χ4v) is 2.95. The van der Waals surface area contributed by atoms with Crippen LogP contribution in [0.2, 0.25) is 0 Å². The van der Waals surface area contributed by atoms with Crippen LogP contribution >= 0.6 is 43.2 Å². The van der Waals surface area contributed by atoms with Crippen molar-refractivity contribution in [2.24, 2.45) is 5.73 Å². The summed E-state index contributed by atoms with van der Waals surface area (Å²) in [5, 5.41) is 9.23. The summed E-state index contributed by atoms with van der Waals surface area (Å²) in [7, 11) is 0. The van der Waals surface area contributed by atoms with Crippen molar-refractivity contribution in [3.05, 3.63) is 19.2 Å². The molecule has 2 nitrogen and oxygen atoms in total. The fraction of sp³-hybridized carbons (Fsp3) is 0.429. The smallest absolute Gasteiger partial charge is 0.0843 e. The molecule has 3 N–H and O–H groups in total. The van der Waals surface area contributed by atoms with Crippen molar-refractivity contribution >= 4 is 43.2 Å². The topological polar surface area (TPSA) is 46.2 Å². The molecule has 0 fully saturated rings. The maximum Gasteiger partial charge on any atom is 0.0843 e. The van der Waals surface area contributed by atoms with Gasteiger partial charge in [0.05, 0.1) is 15.9 Å². The Labute approximate surface area is 92.0 Å². The van der Waals surface area contributed by atoms with Gasteiger partial charge in [-0.25, -0.2) is 0 Å². The molecule has 0 bridgehead atoms. The van der Waals surface area contributed by atoms with Crippen molar-refractivity contribution in [3.8, 4) is 0 Å². The molecule has 5 heteroatoms. The van der Waals surface area contributed by atoms with Gasteiger partial charge in [0, 0.05) is 9.35 Å². The van der Waals surface area contributed by atoms with Crippen LogP contribution in [0.4, 0.5) is 0 Å². The van der Waals surface area contributed by atoms with Gasteiger partial charge in [-0.1, -0.05) is 0 Å². The van der Waals surface area contributed by atoms with Crippen LogP contribution in [0.1, 0.15) is 17.8 Å². The first-order chi connectivity index (χ1) is 5.52. The van der Waals surface area contributed by atoms with E-state index in [1.807, 2.05) is 6.07 Å². The molecule has 1 aromatic rings. The minimum atomic E-state index is -0.512. The maximum absolute atomic E-state index is 9.23. The van der Waals surface area contributed by atoms with Crippen LogP contribution < -0.4 is 5.73 Å². The summed E-state index contributed by atoms with van der Waals surface area (Å²) in [6.07, 6.45) is -0.512. The molecule has 68 valence electrons. The van der Waals surface area contributed by atoms with Crippen LogP contribution in [0.25, 0.3) is 0 Å². The van der Waals surface area contributed by atoms with Crippen LogP contribution in [0.3, 0.4) is 0 Å². The number of halogens is 2. The highest BCUT2D eigenvalue weighted by Crippen LogP contribution is 2.35. The van der Waals surface area contributed by atoms with Gasteiger partial charge in [0.25, 0.3) is 0 Å². The first-order valence-electron chi connectivity index (χ1n) is 3.40. The number of aliphatic hydroxyl groups excluding tert-OH is 1. The normalized spacial score (nSPS) is 16.1. The lowest BCUT2D eigenvalue weighted by atomic mass is 10.2. The van der Waals surface area contributed by atoms with E-state index < -0.39 is 6.10 Å². The van der Waals surface area contributed by atoms with E-state index in [4.69, 9.17) is 5.73 Å². The van der Waals surface area contributed by atoms with Crippen LogP contribution in [0.5, 0.6) is 0 Å². The van der Waals surface area contributed by atoms with Crippen molar-refractivity contribution in [1.29, 1.82) is 0 Å². The molecule has 1 aromatic heterocycles. The van der Waals surface area contributed by atoms with E-state index in [9.17, 15) is 5.11 Å². The van der Waals surface area contributed by atoms with Gasteiger partial charge in [0.2, 0.25) is 0 Å². The van der Waals surface area contributed by atoms with Gasteiger partial charge in [-0.3, -0.25) is 0 Å². The molecular formula is C7H9Br2NOS. The summed E-state index contributed by atoms with van der Waals surface area (Å²) in [5.41, 5.74) is 5.74. The SMILES string of the molecule is CC(O)[C@H](N)c1cc(Br)c(Br)s1. The van der Waals surface area contributed by atoms with Crippen molar-refractivity contribution in [1.82, 2.24) is 0 Å². The quantitative estimate of drug-likeness (QED) is 0.881. The van der Waals surface area contributed by atoms with E-state index in [-0.39, 0.29) is 6.04 Å². The number of thiophene rings is 1. The van der Waals surface area contributed by atoms with Gasteiger partial charge in [-0.2, -0.15) is 0 Å². The highest BCUT2D eigenvalue weighted by atomic mass is 79.9. The summed E-state index contributed by atoms with van der Waals surface area (Å²) in [6, 6.07) is 1.63. The lowest BCUT2D eigenvalue weighted by Crippen LogP contribution is -2.21. The van der Waals surface area contributed by atoms with Crippen molar-refractivity contribution in [3.63, 3.8) is 0 Å². The van der Waals surface area contributed by atoms with Crippen molar-refractivity contribution in [2.45, 2.75) is 19.1 Å². The van der Waals surface area contributed by atoms with E-state index in [0.29, 0.717) is 0 Å². The van der Waals surface area contributed by atoms with Gasteiger partial charge < -0.3 is 10.8 Å². The second-order valence-corrected chi connectivity index (χ2v) is 5.79.